The second kappa shape index (κ2) is 5.56. The summed E-state index contributed by atoms with van der Waals surface area (Å²) >= 11 is 7.88. The van der Waals surface area contributed by atoms with Gasteiger partial charge in [0.15, 0.2) is 5.17 Å². The number of hydrogen-bond donors (Lipinski definition) is 0. The molecule has 1 fully saturated rings. The third-order valence-corrected chi connectivity index (χ3v) is 6.34. The van der Waals surface area contributed by atoms with E-state index in [4.69, 9.17) is 11.6 Å². The lowest BCUT2D eigenvalue weighted by Crippen LogP contribution is -2.38. The molecule has 1 amide bonds. The Morgan fingerprint density at radius 3 is 2.50 bits per heavy atom. The lowest BCUT2D eigenvalue weighted by Gasteiger charge is -2.33. The second-order valence-corrected chi connectivity index (χ2v) is 8.14. The third-order valence-electron chi connectivity index (χ3n) is 4.94. The number of rotatable bonds is 1. The lowest BCUT2D eigenvalue weighted by atomic mass is 9.91. The van der Waals surface area contributed by atoms with Crippen LogP contribution in [0.25, 0.3) is 5.57 Å². The predicted molar refractivity (Wildman–Crippen MR) is 103 cm³/mol. The first-order valence-corrected chi connectivity index (χ1v) is 9.55. The van der Waals surface area contributed by atoms with E-state index in [1.807, 2.05) is 55.5 Å². The lowest BCUT2D eigenvalue weighted by molar-refractivity contribution is -0.126. The molecule has 2 atom stereocenters. The van der Waals surface area contributed by atoms with Crippen LogP contribution in [0.1, 0.15) is 34.5 Å². The molecule has 5 rings (SSSR count). The monoisotopic (exact) mass is 380 g/mol. The van der Waals surface area contributed by atoms with Gasteiger partial charge in [-0.1, -0.05) is 65.8 Å². The Hall–Kier alpha value is -2.37. The van der Waals surface area contributed by atoms with E-state index < -0.39 is 6.04 Å². The minimum Gasteiger partial charge on any atom is -0.287 e. The number of benzene rings is 2. The fraction of sp³-hybridized carbons (Fsp3) is 0.150. The normalized spacial score (nSPS) is 23.8. The number of halogens is 1. The van der Waals surface area contributed by atoms with Crippen molar-refractivity contribution in [3.05, 3.63) is 75.9 Å². The molecule has 4 nitrogen and oxygen atoms in total. The summed E-state index contributed by atoms with van der Waals surface area (Å²) in [5.41, 5.74) is 3.46. The summed E-state index contributed by atoms with van der Waals surface area (Å²) in [6.07, 6.45) is 0. The maximum absolute atomic E-state index is 12.9. The minimum atomic E-state index is -0.441. The first-order valence-electron chi connectivity index (χ1n) is 8.29. The highest BCUT2D eigenvalue weighted by molar-refractivity contribution is 8.15. The van der Waals surface area contributed by atoms with E-state index >= 15 is 0 Å². The van der Waals surface area contributed by atoms with E-state index in [0.717, 1.165) is 16.7 Å². The highest BCUT2D eigenvalue weighted by atomic mass is 35.5. The zero-order valence-corrected chi connectivity index (χ0v) is 15.3. The van der Waals surface area contributed by atoms with Gasteiger partial charge in [0.2, 0.25) is 11.7 Å². The summed E-state index contributed by atoms with van der Waals surface area (Å²) in [6.45, 7) is 1.86. The number of carbonyl (C=O) groups excluding carboxylic acids is 2. The minimum absolute atomic E-state index is 0.0120. The highest BCUT2D eigenvalue weighted by Crippen LogP contribution is 2.51. The molecule has 3 aliphatic rings. The number of carbonyl (C=O) groups is 2. The van der Waals surface area contributed by atoms with E-state index in [-0.39, 0.29) is 16.9 Å². The van der Waals surface area contributed by atoms with Crippen molar-refractivity contribution in [2.24, 2.45) is 4.99 Å². The molecule has 0 spiro atoms. The van der Waals surface area contributed by atoms with Crippen LogP contribution in [0.2, 0.25) is 5.02 Å². The molecule has 0 bridgehead atoms. The summed E-state index contributed by atoms with van der Waals surface area (Å²) in [4.78, 5) is 32.1. The Morgan fingerprint density at radius 2 is 1.73 bits per heavy atom. The molecule has 2 aromatic rings. The van der Waals surface area contributed by atoms with E-state index in [1.165, 1.54) is 11.8 Å². The molecule has 0 radical (unpaired) electrons. The molecule has 0 aromatic heterocycles. The first kappa shape index (κ1) is 15.9. The molecular weight excluding hydrogens is 368 g/mol. The van der Waals surface area contributed by atoms with Crippen LogP contribution in [0.5, 0.6) is 0 Å². The first-order chi connectivity index (χ1) is 12.6. The average Bonchev–Trinajstić information content (AvgIpc) is 3.09. The van der Waals surface area contributed by atoms with Crippen molar-refractivity contribution in [2.75, 3.05) is 0 Å². The van der Waals surface area contributed by atoms with Crippen molar-refractivity contribution in [3.63, 3.8) is 0 Å². The zero-order chi connectivity index (χ0) is 18.0. The van der Waals surface area contributed by atoms with Gasteiger partial charge in [-0.3, -0.25) is 14.5 Å². The maximum atomic E-state index is 12.9. The van der Waals surface area contributed by atoms with Crippen LogP contribution in [-0.4, -0.2) is 27.0 Å². The maximum Gasteiger partial charge on any atom is 0.242 e. The Morgan fingerprint density at radius 1 is 1.04 bits per heavy atom. The summed E-state index contributed by atoms with van der Waals surface area (Å²) in [7, 11) is 0. The molecule has 6 heteroatoms. The zero-order valence-electron chi connectivity index (χ0n) is 13.8. The van der Waals surface area contributed by atoms with Gasteiger partial charge in [-0.05, 0) is 24.1 Å². The van der Waals surface area contributed by atoms with Crippen LogP contribution in [0.3, 0.4) is 0 Å². The molecule has 26 heavy (non-hydrogen) atoms. The standard InChI is InChI=1S/C20H13ClN2O2S/c1-10-19(25)23-17(13-8-4-5-9-14(13)21)15-11-6-2-3-7-12(11)18(24)16(15)22-20(23)26-10/h2-10,17H,1H3/t10-,17-/m1/s1. The largest absolute Gasteiger partial charge is 0.287 e. The topological polar surface area (TPSA) is 49.7 Å². The van der Waals surface area contributed by atoms with Crippen molar-refractivity contribution >= 4 is 45.8 Å². The SMILES string of the molecule is C[C@H]1SC2=NC3=C(c4ccccc4C3=O)[C@@H](c3ccccc3Cl)N2C1=O. The number of Topliss-reactive ketones (excluding diaryl/α,β-unsaturated/α-hetero) is 1. The number of thioether (sulfide) groups is 1. The molecule has 2 aromatic carbocycles. The number of nitrogens with zero attached hydrogens (tertiary/aromatic N) is 2. The molecule has 2 aliphatic heterocycles. The summed E-state index contributed by atoms with van der Waals surface area (Å²) in [6, 6.07) is 14.5. The smallest absolute Gasteiger partial charge is 0.242 e. The molecular formula is C20H13ClN2O2S. The molecule has 2 heterocycles. The van der Waals surface area contributed by atoms with Gasteiger partial charge in [-0.2, -0.15) is 0 Å². The van der Waals surface area contributed by atoms with Crippen molar-refractivity contribution in [3.8, 4) is 0 Å². The van der Waals surface area contributed by atoms with Gasteiger partial charge in [0.1, 0.15) is 5.70 Å². The van der Waals surface area contributed by atoms with Crippen molar-refractivity contribution in [1.29, 1.82) is 0 Å². The number of aliphatic imine (C=N–C) groups is 1. The fourth-order valence-electron chi connectivity index (χ4n) is 3.77. The van der Waals surface area contributed by atoms with E-state index in [0.29, 0.717) is 21.5 Å². The van der Waals surface area contributed by atoms with Crippen LogP contribution in [0.4, 0.5) is 0 Å². The highest BCUT2D eigenvalue weighted by Gasteiger charge is 2.49. The second-order valence-electron chi connectivity index (χ2n) is 6.42. The summed E-state index contributed by atoms with van der Waals surface area (Å²) in [5.74, 6) is -0.102. The molecule has 0 N–H and O–H groups in total. The number of allylic oxidation sites excluding steroid dienone is 1. The van der Waals surface area contributed by atoms with E-state index in [1.54, 1.807) is 4.90 Å². The Labute approximate surface area is 159 Å². The van der Waals surface area contributed by atoms with Gasteiger partial charge >= 0.3 is 0 Å². The van der Waals surface area contributed by atoms with Crippen LogP contribution < -0.4 is 0 Å². The quantitative estimate of drug-likeness (QED) is 0.740. The Balaban J connectivity index is 1.81. The average molecular weight is 381 g/mol. The molecule has 1 aliphatic carbocycles. The van der Waals surface area contributed by atoms with Gasteiger partial charge < -0.3 is 0 Å². The number of amidine groups is 1. The van der Waals surface area contributed by atoms with Gasteiger partial charge in [0, 0.05) is 16.2 Å². The van der Waals surface area contributed by atoms with Gasteiger partial charge in [0.05, 0.1) is 11.3 Å². The fourth-order valence-corrected chi connectivity index (χ4v) is 4.99. The number of hydrogen-bond acceptors (Lipinski definition) is 4. The molecule has 0 saturated carbocycles. The number of amides is 1. The van der Waals surface area contributed by atoms with Crippen LogP contribution in [0, 0.1) is 0 Å². The number of ketones is 1. The van der Waals surface area contributed by atoms with Crippen LogP contribution in [0.15, 0.2) is 59.2 Å². The molecule has 128 valence electrons. The number of fused-ring (bicyclic) bond motifs is 3. The predicted octanol–water partition coefficient (Wildman–Crippen LogP) is 4.32. The van der Waals surface area contributed by atoms with Gasteiger partial charge in [-0.25, -0.2) is 4.99 Å². The summed E-state index contributed by atoms with van der Waals surface area (Å²) < 4.78 is 0. The van der Waals surface area contributed by atoms with Gasteiger partial charge in [-0.15, -0.1) is 0 Å². The van der Waals surface area contributed by atoms with Crippen LogP contribution in [-0.2, 0) is 4.79 Å². The van der Waals surface area contributed by atoms with Crippen molar-refractivity contribution < 1.29 is 9.59 Å². The molecule has 0 unspecified atom stereocenters. The van der Waals surface area contributed by atoms with E-state index in [9.17, 15) is 9.59 Å². The summed E-state index contributed by atoms with van der Waals surface area (Å²) in [5, 5.41) is 0.913. The van der Waals surface area contributed by atoms with Gasteiger partial charge in [0.25, 0.3) is 0 Å². The van der Waals surface area contributed by atoms with E-state index in [2.05, 4.69) is 4.99 Å². The molecule has 1 saturated heterocycles. The Bertz CT molecular complexity index is 1060. The van der Waals surface area contributed by atoms with Crippen molar-refractivity contribution in [2.45, 2.75) is 18.2 Å². The Kier molecular flexibility index (Phi) is 3.39. The third kappa shape index (κ3) is 2.01. The van der Waals surface area contributed by atoms with Crippen LogP contribution >= 0.6 is 23.4 Å². The van der Waals surface area contributed by atoms with Crippen molar-refractivity contribution in [1.82, 2.24) is 4.90 Å².